The zero-order valence-electron chi connectivity index (χ0n) is 16.7. The molecule has 0 aliphatic heterocycles. The third-order valence-electron chi connectivity index (χ3n) is 5.11. The average molecular weight is 423 g/mol. The Morgan fingerprint density at radius 2 is 1.81 bits per heavy atom. The van der Waals surface area contributed by atoms with Gasteiger partial charge in [-0.25, -0.2) is 14.8 Å². The number of nitrogens with zero attached hydrogens (tertiary/aromatic N) is 4. The standard InChI is InChI=1S/C24H17N5O3/c30-23(27-17-8-9-19(24(31)32)22(13-17)28-11-10-25-14-28)16-4-3-5-18(12-16)29-15-26-20-6-1-2-7-21(20)29/h1-15H,(H,27,30)(H,31,32). The number of fused-ring (bicyclic) bond motifs is 1. The quantitative estimate of drug-likeness (QED) is 0.442. The summed E-state index contributed by atoms with van der Waals surface area (Å²) in [6, 6.07) is 19.6. The summed E-state index contributed by atoms with van der Waals surface area (Å²) in [5, 5.41) is 12.3. The molecule has 156 valence electrons. The van der Waals surface area contributed by atoms with Gasteiger partial charge in [0, 0.05) is 29.3 Å². The Bertz CT molecular complexity index is 1450. The maximum atomic E-state index is 12.9. The summed E-state index contributed by atoms with van der Waals surface area (Å²) in [7, 11) is 0. The second-order valence-electron chi connectivity index (χ2n) is 7.11. The molecule has 3 aromatic carbocycles. The lowest BCUT2D eigenvalue weighted by Gasteiger charge is -2.12. The van der Waals surface area contributed by atoms with Gasteiger partial charge in [-0.1, -0.05) is 18.2 Å². The number of aromatic carboxylic acids is 1. The Labute approximate surface area is 182 Å². The second-order valence-corrected chi connectivity index (χ2v) is 7.11. The fraction of sp³-hybridized carbons (Fsp3) is 0. The number of imidazole rings is 2. The highest BCUT2D eigenvalue weighted by Crippen LogP contribution is 2.22. The largest absolute Gasteiger partial charge is 0.478 e. The maximum Gasteiger partial charge on any atom is 0.337 e. The van der Waals surface area contributed by atoms with Gasteiger partial charge in [0.1, 0.15) is 6.33 Å². The van der Waals surface area contributed by atoms with Gasteiger partial charge < -0.3 is 15.0 Å². The van der Waals surface area contributed by atoms with E-state index in [1.54, 1.807) is 47.6 Å². The van der Waals surface area contributed by atoms with Crippen LogP contribution in [0.5, 0.6) is 0 Å². The molecule has 0 spiro atoms. The molecule has 2 aromatic heterocycles. The Balaban J connectivity index is 1.45. The molecule has 0 saturated carbocycles. The van der Waals surface area contributed by atoms with Crippen LogP contribution in [0.1, 0.15) is 20.7 Å². The Kier molecular flexibility index (Phi) is 4.72. The lowest BCUT2D eigenvalue weighted by atomic mass is 10.1. The van der Waals surface area contributed by atoms with Gasteiger partial charge in [-0.3, -0.25) is 9.36 Å². The van der Waals surface area contributed by atoms with Gasteiger partial charge >= 0.3 is 5.97 Å². The van der Waals surface area contributed by atoms with Crippen molar-refractivity contribution in [2.24, 2.45) is 0 Å². The molecule has 0 radical (unpaired) electrons. The van der Waals surface area contributed by atoms with Gasteiger partial charge in [-0.2, -0.15) is 0 Å². The van der Waals surface area contributed by atoms with Crippen LogP contribution < -0.4 is 5.32 Å². The lowest BCUT2D eigenvalue weighted by Crippen LogP contribution is -2.13. The number of anilines is 1. The summed E-state index contributed by atoms with van der Waals surface area (Å²) >= 11 is 0. The van der Waals surface area contributed by atoms with E-state index in [0.717, 1.165) is 16.7 Å². The van der Waals surface area contributed by atoms with Crippen molar-refractivity contribution in [2.45, 2.75) is 0 Å². The van der Waals surface area contributed by atoms with Crippen molar-refractivity contribution in [3.8, 4) is 11.4 Å². The highest BCUT2D eigenvalue weighted by Gasteiger charge is 2.14. The van der Waals surface area contributed by atoms with Crippen molar-refractivity contribution in [1.29, 1.82) is 0 Å². The molecule has 0 fully saturated rings. The van der Waals surface area contributed by atoms with Crippen molar-refractivity contribution in [3.63, 3.8) is 0 Å². The molecular weight excluding hydrogens is 406 g/mol. The van der Waals surface area contributed by atoms with E-state index < -0.39 is 5.97 Å². The third kappa shape index (κ3) is 3.50. The summed E-state index contributed by atoms with van der Waals surface area (Å²) in [5.41, 5.74) is 4.08. The summed E-state index contributed by atoms with van der Waals surface area (Å²) in [4.78, 5) is 32.9. The summed E-state index contributed by atoms with van der Waals surface area (Å²) < 4.78 is 3.51. The first kappa shape index (κ1) is 19.3. The minimum Gasteiger partial charge on any atom is -0.478 e. The van der Waals surface area contributed by atoms with Crippen LogP contribution in [0.25, 0.3) is 22.4 Å². The number of carboxylic acid groups (broad SMARTS) is 1. The summed E-state index contributed by atoms with van der Waals surface area (Å²) in [6.07, 6.45) is 6.43. The van der Waals surface area contributed by atoms with Crippen LogP contribution in [0.15, 0.2) is 91.8 Å². The number of para-hydroxylation sites is 2. The molecule has 1 amide bonds. The number of carboxylic acids is 1. The van der Waals surface area contributed by atoms with Crippen molar-refractivity contribution in [3.05, 3.63) is 103 Å². The number of carbonyl (C=O) groups excluding carboxylic acids is 1. The van der Waals surface area contributed by atoms with E-state index in [1.165, 1.54) is 12.4 Å². The topological polar surface area (TPSA) is 102 Å². The van der Waals surface area contributed by atoms with Gasteiger partial charge in [-0.05, 0) is 48.5 Å². The number of benzene rings is 3. The predicted octanol–water partition coefficient (Wildman–Crippen LogP) is 4.16. The summed E-state index contributed by atoms with van der Waals surface area (Å²) in [5.74, 6) is -1.37. The van der Waals surface area contributed by atoms with E-state index in [-0.39, 0.29) is 11.5 Å². The van der Waals surface area contributed by atoms with Crippen LogP contribution in [-0.2, 0) is 0 Å². The van der Waals surface area contributed by atoms with Crippen LogP contribution in [0.3, 0.4) is 0 Å². The Morgan fingerprint density at radius 3 is 2.62 bits per heavy atom. The van der Waals surface area contributed by atoms with Crippen LogP contribution >= 0.6 is 0 Å². The molecule has 8 heteroatoms. The average Bonchev–Trinajstić information content (AvgIpc) is 3.49. The lowest BCUT2D eigenvalue weighted by molar-refractivity contribution is 0.0696. The van der Waals surface area contributed by atoms with Crippen LogP contribution in [0, 0.1) is 0 Å². The van der Waals surface area contributed by atoms with Crippen molar-refractivity contribution < 1.29 is 14.7 Å². The van der Waals surface area contributed by atoms with E-state index in [0.29, 0.717) is 16.9 Å². The van der Waals surface area contributed by atoms with Gasteiger partial charge in [0.2, 0.25) is 0 Å². The smallest absolute Gasteiger partial charge is 0.337 e. The molecule has 0 bridgehead atoms. The third-order valence-corrected chi connectivity index (χ3v) is 5.11. The van der Waals surface area contributed by atoms with Crippen molar-refractivity contribution >= 4 is 28.6 Å². The monoisotopic (exact) mass is 423 g/mol. The van der Waals surface area contributed by atoms with E-state index in [4.69, 9.17) is 0 Å². The minimum absolute atomic E-state index is 0.106. The first-order valence-corrected chi connectivity index (χ1v) is 9.80. The molecule has 2 N–H and O–H groups in total. The molecule has 2 heterocycles. The Morgan fingerprint density at radius 1 is 0.938 bits per heavy atom. The van der Waals surface area contributed by atoms with Gasteiger partial charge in [-0.15, -0.1) is 0 Å². The van der Waals surface area contributed by atoms with Crippen molar-refractivity contribution in [2.75, 3.05) is 5.32 Å². The number of aromatic nitrogens is 4. The number of hydrogen-bond donors (Lipinski definition) is 2. The van der Waals surface area contributed by atoms with E-state index in [9.17, 15) is 14.7 Å². The van der Waals surface area contributed by atoms with Crippen LogP contribution in [-0.4, -0.2) is 36.1 Å². The minimum atomic E-state index is -1.06. The number of carbonyl (C=O) groups is 2. The molecule has 0 aliphatic carbocycles. The Hall–Kier alpha value is -4.72. The molecule has 32 heavy (non-hydrogen) atoms. The molecule has 0 unspecified atom stereocenters. The number of hydrogen-bond acceptors (Lipinski definition) is 4. The van der Waals surface area contributed by atoms with E-state index in [1.807, 2.05) is 41.0 Å². The number of amides is 1. The van der Waals surface area contributed by atoms with Crippen molar-refractivity contribution in [1.82, 2.24) is 19.1 Å². The number of rotatable bonds is 5. The zero-order chi connectivity index (χ0) is 22.1. The van der Waals surface area contributed by atoms with E-state index in [2.05, 4.69) is 15.3 Å². The fourth-order valence-electron chi connectivity index (χ4n) is 3.57. The van der Waals surface area contributed by atoms with Crippen LogP contribution in [0.2, 0.25) is 0 Å². The zero-order valence-corrected chi connectivity index (χ0v) is 16.7. The SMILES string of the molecule is O=C(Nc1ccc(C(=O)O)c(-n2ccnc2)c1)c1cccc(-n2cnc3ccccc32)c1. The molecule has 8 nitrogen and oxygen atoms in total. The second kappa shape index (κ2) is 7.84. The highest BCUT2D eigenvalue weighted by molar-refractivity contribution is 6.05. The summed E-state index contributed by atoms with van der Waals surface area (Å²) in [6.45, 7) is 0. The molecular formula is C24H17N5O3. The van der Waals surface area contributed by atoms with Gasteiger partial charge in [0.25, 0.3) is 5.91 Å². The maximum absolute atomic E-state index is 12.9. The first-order chi connectivity index (χ1) is 15.6. The van der Waals surface area contributed by atoms with Gasteiger partial charge in [0.05, 0.1) is 28.6 Å². The fourth-order valence-corrected chi connectivity index (χ4v) is 3.57. The van der Waals surface area contributed by atoms with Gasteiger partial charge in [0.15, 0.2) is 0 Å². The molecule has 5 rings (SSSR count). The predicted molar refractivity (Wildman–Crippen MR) is 120 cm³/mol. The van der Waals surface area contributed by atoms with E-state index >= 15 is 0 Å². The highest BCUT2D eigenvalue weighted by atomic mass is 16.4. The number of nitrogens with one attached hydrogen (secondary N) is 1. The molecule has 0 aliphatic rings. The molecule has 5 aromatic rings. The normalized spacial score (nSPS) is 10.9. The first-order valence-electron chi connectivity index (χ1n) is 9.80. The molecule has 0 saturated heterocycles. The van der Waals surface area contributed by atoms with Crippen LogP contribution in [0.4, 0.5) is 5.69 Å². The molecule has 0 atom stereocenters.